The van der Waals surface area contributed by atoms with Crippen LogP contribution in [0.1, 0.15) is 0 Å². The van der Waals surface area contributed by atoms with Crippen LogP contribution in [-0.4, -0.2) is 38.7 Å². The molecule has 0 unspecified atom stereocenters. The Morgan fingerprint density at radius 2 is 0.641 bits per heavy atom. The van der Waals surface area contributed by atoms with Gasteiger partial charge < -0.3 is 38.3 Å². The summed E-state index contributed by atoms with van der Waals surface area (Å²) < 4.78 is 56.7. The minimum atomic E-state index is -3.79. The first-order chi connectivity index (χ1) is 31.2. The summed E-state index contributed by atoms with van der Waals surface area (Å²) in [4.78, 5) is 0. The lowest BCUT2D eigenvalue weighted by Crippen LogP contribution is -2.25. The number of phenolic OH excluding ortho intramolecular Hbond substituents is 2. The van der Waals surface area contributed by atoms with Crippen molar-refractivity contribution >= 4 is 100.0 Å². The second-order valence-corrected chi connectivity index (χ2v) is 21.0. The van der Waals surface area contributed by atoms with Gasteiger partial charge in [0.15, 0.2) is 14.3 Å². The van der Waals surface area contributed by atoms with Crippen molar-refractivity contribution < 1.29 is 38.3 Å². The van der Waals surface area contributed by atoms with E-state index in [2.05, 4.69) is 0 Å². The molecule has 0 aliphatic carbocycles. The molecule has 316 valence electrons. The van der Waals surface area contributed by atoms with E-state index in [9.17, 15) is 10.2 Å². The summed E-state index contributed by atoms with van der Waals surface area (Å²) in [6, 6.07) is 51.4. The fraction of sp³-hybridized carbons (Fsp3) is 0.0741. The van der Waals surface area contributed by atoms with Crippen LogP contribution in [0.3, 0.4) is 0 Å². The zero-order valence-electron chi connectivity index (χ0n) is 35.4. The fourth-order valence-electron chi connectivity index (χ4n) is 9.42. The molecule has 0 fully saturated rings. The highest BCUT2D eigenvalue weighted by atomic mass is 31.2. The Balaban J connectivity index is 1.46. The van der Waals surface area contributed by atoms with Gasteiger partial charge in [-0.2, -0.15) is 0 Å². The predicted molar refractivity (Wildman–Crippen MR) is 262 cm³/mol. The number of rotatable bonds is 10. The van der Waals surface area contributed by atoms with Crippen molar-refractivity contribution in [1.29, 1.82) is 0 Å². The molecule has 0 saturated heterocycles. The van der Waals surface area contributed by atoms with E-state index in [1.54, 1.807) is 40.6 Å². The van der Waals surface area contributed by atoms with Gasteiger partial charge in [0.1, 0.15) is 34.5 Å². The summed E-state index contributed by atoms with van der Waals surface area (Å²) in [5.74, 6) is 1.33. The number of hydrogen-bond acceptors (Lipinski definition) is 8. The van der Waals surface area contributed by atoms with Gasteiger partial charge in [0.2, 0.25) is 0 Å². The number of aromatic hydroxyl groups is 2. The molecular formula is C54H42O8P2. The Morgan fingerprint density at radius 3 is 0.938 bits per heavy atom. The molecule has 2 N–H and O–H groups in total. The van der Waals surface area contributed by atoms with Crippen LogP contribution >= 0.6 is 14.3 Å². The molecule has 0 bridgehead atoms. The van der Waals surface area contributed by atoms with Crippen LogP contribution in [0.15, 0.2) is 170 Å². The topological polar surface area (TPSA) is 112 Å². The maximum absolute atomic E-state index is 16.1. The normalized spacial score (nSPS) is 12.0. The highest BCUT2D eigenvalue weighted by Crippen LogP contribution is 2.55. The number of benzene rings is 10. The van der Waals surface area contributed by atoms with E-state index < -0.39 is 14.3 Å². The Kier molecular flexibility index (Phi) is 10.1. The molecule has 0 radical (unpaired) electrons. The van der Waals surface area contributed by atoms with Gasteiger partial charge >= 0.3 is 0 Å². The number of phenols is 2. The van der Waals surface area contributed by atoms with Crippen LogP contribution in [0, 0.1) is 0 Å². The Labute approximate surface area is 369 Å². The molecule has 0 spiro atoms. The van der Waals surface area contributed by atoms with Gasteiger partial charge in [-0.15, -0.1) is 0 Å². The van der Waals surface area contributed by atoms with Crippen LogP contribution in [-0.2, 0) is 9.13 Å². The Hall–Kier alpha value is -7.24. The smallest absolute Gasteiger partial charge is 0.174 e. The quantitative estimate of drug-likeness (QED) is 0.103. The van der Waals surface area contributed by atoms with Crippen molar-refractivity contribution in [2.45, 2.75) is 0 Å². The van der Waals surface area contributed by atoms with Crippen molar-refractivity contribution in [2.24, 2.45) is 0 Å². The Bertz CT molecular complexity index is 3240. The molecule has 10 aromatic rings. The third kappa shape index (κ3) is 5.97. The monoisotopic (exact) mass is 880 g/mol. The molecule has 0 aromatic heterocycles. The van der Waals surface area contributed by atoms with Gasteiger partial charge in [-0.1, -0.05) is 133 Å². The third-order valence-electron chi connectivity index (χ3n) is 12.4. The first-order valence-corrected chi connectivity index (χ1v) is 24.0. The van der Waals surface area contributed by atoms with Gasteiger partial charge in [0.05, 0.1) is 39.0 Å². The van der Waals surface area contributed by atoms with E-state index in [1.807, 2.05) is 158 Å². The predicted octanol–water partition coefficient (Wildman–Crippen LogP) is 10.2. The lowest BCUT2D eigenvalue weighted by molar-refractivity contribution is 0.414. The summed E-state index contributed by atoms with van der Waals surface area (Å²) in [6.45, 7) is 0. The zero-order chi connectivity index (χ0) is 44.3. The molecule has 10 aromatic carbocycles. The molecule has 0 saturated carbocycles. The summed E-state index contributed by atoms with van der Waals surface area (Å²) in [7, 11) is -1.32. The SMILES string of the molecule is COc1cc(P(=O)(c2ccccc2)c2ccccc2)c(O)c2c1cc(OC)c1ccc3ccc4c(OC)cc5c(OC)cc(P(=O)(c6ccccc6)c6ccccc6)c(O)c5c4c3c12. The van der Waals surface area contributed by atoms with Gasteiger partial charge in [-0.3, -0.25) is 0 Å². The van der Waals surface area contributed by atoms with Crippen molar-refractivity contribution in [3.05, 3.63) is 170 Å². The lowest BCUT2D eigenvalue weighted by Gasteiger charge is -2.25. The standard InChI is InChI=1S/C54H42O8P2/c1-59-42-29-40-44(61-3)31-46(63(57,34-17-9-5-10-18-34)35-19-11-6-12-20-35)53(55)51(40)49-38(42)27-25-33-26-28-39-43(60-2)30-41-45(62-4)32-47(54(56)52(41)50(39)48(33)49)64(58,36-21-13-7-14-22-36)37-23-15-8-16-24-37/h5-32,55-56H,1-4H3. The molecule has 10 rings (SSSR count). The van der Waals surface area contributed by atoms with Crippen LogP contribution in [0.4, 0.5) is 0 Å². The molecule has 8 nitrogen and oxygen atoms in total. The first kappa shape index (κ1) is 40.8. The maximum Gasteiger partial charge on any atom is 0.174 e. The van der Waals surface area contributed by atoms with Crippen molar-refractivity contribution in [2.75, 3.05) is 28.4 Å². The van der Waals surface area contributed by atoms with Crippen molar-refractivity contribution in [1.82, 2.24) is 0 Å². The highest BCUT2D eigenvalue weighted by Gasteiger charge is 2.37. The highest BCUT2D eigenvalue weighted by molar-refractivity contribution is 7.86. The number of hydrogen-bond donors (Lipinski definition) is 2. The minimum Gasteiger partial charge on any atom is -0.506 e. The third-order valence-corrected chi connectivity index (χ3v) is 18.5. The largest absolute Gasteiger partial charge is 0.506 e. The van der Waals surface area contributed by atoms with Crippen molar-refractivity contribution in [3.8, 4) is 34.5 Å². The molecule has 0 amide bonds. The molecular weight excluding hydrogens is 839 g/mol. The van der Waals surface area contributed by atoms with Crippen LogP contribution in [0.25, 0.3) is 53.9 Å². The van der Waals surface area contributed by atoms with Crippen molar-refractivity contribution in [3.63, 3.8) is 0 Å². The van der Waals surface area contributed by atoms with E-state index in [-0.39, 0.29) is 22.1 Å². The van der Waals surface area contributed by atoms with Crippen LogP contribution < -0.4 is 50.8 Å². The second-order valence-electron chi connectivity index (χ2n) is 15.5. The summed E-state index contributed by atoms with van der Waals surface area (Å²) in [5.41, 5.74) is 0. The van der Waals surface area contributed by atoms with Crippen LogP contribution in [0.2, 0.25) is 0 Å². The van der Waals surface area contributed by atoms with Crippen LogP contribution in [0.5, 0.6) is 34.5 Å². The molecule has 0 aliphatic rings. The molecule has 0 aliphatic heterocycles. The summed E-state index contributed by atoms with van der Waals surface area (Å²) in [5, 5.41) is 34.2. The molecule has 0 heterocycles. The van der Waals surface area contributed by atoms with E-state index >= 15 is 9.13 Å². The maximum atomic E-state index is 16.1. The van der Waals surface area contributed by atoms with Gasteiger partial charge in [-0.25, -0.2) is 0 Å². The number of methoxy groups -OCH3 is 4. The Morgan fingerprint density at radius 1 is 0.344 bits per heavy atom. The van der Waals surface area contributed by atoms with E-state index in [4.69, 9.17) is 18.9 Å². The fourth-order valence-corrected chi connectivity index (χ4v) is 14.9. The van der Waals surface area contributed by atoms with E-state index in [1.165, 1.54) is 0 Å². The second kappa shape index (κ2) is 15.8. The van der Waals surface area contributed by atoms with E-state index in [0.29, 0.717) is 92.7 Å². The minimum absolute atomic E-state index is 0.193. The number of ether oxygens (including phenoxy) is 4. The van der Waals surface area contributed by atoms with Gasteiger partial charge in [-0.05, 0) is 47.2 Å². The first-order valence-electron chi connectivity index (χ1n) is 20.6. The average molecular weight is 881 g/mol. The zero-order valence-corrected chi connectivity index (χ0v) is 37.2. The number of fused-ring (bicyclic) bond motifs is 9. The molecule has 0 atom stereocenters. The van der Waals surface area contributed by atoms with Gasteiger partial charge in [0, 0.05) is 64.3 Å². The van der Waals surface area contributed by atoms with Gasteiger partial charge in [0.25, 0.3) is 0 Å². The summed E-state index contributed by atoms with van der Waals surface area (Å²) >= 11 is 0. The summed E-state index contributed by atoms with van der Waals surface area (Å²) in [6.07, 6.45) is 0. The average Bonchev–Trinajstić information content (AvgIpc) is 3.36. The molecule has 10 heteroatoms. The van der Waals surface area contributed by atoms with E-state index in [0.717, 1.165) is 5.39 Å². The lowest BCUT2D eigenvalue weighted by atomic mass is 9.89. The molecule has 64 heavy (non-hydrogen) atoms.